The summed E-state index contributed by atoms with van der Waals surface area (Å²) < 4.78 is 5.93. The molecule has 158 valence electrons. The van der Waals surface area contributed by atoms with E-state index >= 15 is 0 Å². The van der Waals surface area contributed by atoms with Crippen molar-refractivity contribution in [3.63, 3.8) is 0 Å². The number of hydrogen-bond acceptors (Lipinski definition) is 2. The first-order valence-electron chi connectivity index (χ1n) is 9.62. The summed E-state index contributed by atoms with van der Waals surface area (Å²) >= 11 is 11.9. The molecule has 0 saturated heterocycles. The Morgan fingerprint density at radius 3 is 2.20 bits per heavy atom. The van der Waals surface area contributed by atoms with Crippen molar-refractivity contribution in [3.05, 3.63) is 70.7 Å². The minimum atomic E-state index is -1.37. The first-order chi connectivity index (χ1) is 14.1. The molecule has 0 aliphatic rings. The summed E-state index contributed by atoms with van der Waals surface area (Å²) in [6, 6.07) is 16.6. The van der Waals surface area contributed by atoms with Crippen molar-refractivity contribution in [1.82, 2.24) is 0 Å². The molecule has 2 unspecified atom stereocenters. The number of carboxylic acid groups (broad SMARTS) is 1. The lowest BCUT2D eigenvalue weighted by atomic mass is 9.52. The third kappa shape index (κ3) is 4.67. The smallest absolute Gasteiger partial charge is 0.312 e. The van der Waals surface area contributed by atoms with Crippen LogP contribution in [0.25, 0.3) is 0 Å². The largest absolute Gasteiger partial charge is 0.481 e. The molecule has 3 nitrogen and oxygen atoms in total. The molecule has 0 bridgehead atoms. The Kier molecular flexibility index (Phi) is 7.64. The van der Waals surface area contributed by atoms with E-state index in [0.29, 0.717) is 17.1 Å². The zero-order valence-corrected chi connectivity index (χ0v) is 19.0. The predicted octanol–water partition coefficient (Wildman–Crippen LogP) is 7.27. The maximum atomic E-state index is 12.8. The molecule has 0 fully saturated rings. The number of carboxylic acids is 1. The number of hydrogen-bond donors (Lipinski definition) is 1. The molecule has 0 heterocycles. The third-order valence-electron chi connectivity index (χ3n) is 5.59. The number of para-hydroxylation sites is 1. The molecule has 0 saturated carbocycles. The lowest BCUT2D eigenvalue weighted by Crippen LogP contribution is -2.51. The summed E-state index contributed by atoms with van der Waals surface area (Å²) in [5.74, 6) is 1.90. The Labute approximate surface area is 188 Å². The first kappa shape index (κ1) is 23.9. The van der Waals surface area contributed by atoms with Gasteiger partial charge in [-0.25, -0.2) is 0 Å². The van der Waals surface area contributed by atoms with Gasteiger partial charge in [0.05, 0.1) is 11.3 Å². The molecule has 0 radical (unpaired) electrons. The van der Waals surface area contributed by atoms with E-state index in [1.54, 1.807) is 26.0 Å². The zero-order chi connectivity index (χ0) is 22.5. The highest BCUT2D eigenvalue weighted by molar-refractivity contribution is 6.55. The average molecular weight is 445 g/mol. The number of benzene rings is 2. The molecule has 0 amide bonds. The predicted molar refractivity (Wildman–Crippen MR) is 123 cm³/mol. The van der Waals surface area contributed by atoms with Crippen molar-refractivity contribution in [2.75, 3.05) is 0 Å². The van der Waals surface area contributed by atoms with Gasteiger partial charge in [-0.15, -0.1) is 6.42 Å². The topological polar surface area (TPSA) is 46.5 Å². The van der Waals surface area contributed by atoms with Gasteiger partial charge in [-0.2, -0.15) is 0 Å². The summed E-state index contributed by atoms with van der Waals surface area (Å²) in [4.78, 5) is 12.8. The van der Waals surface area contributed by atoms with Gasteiger partial charge in [-0.05, 0) is 41.8 Å². The maximum absolute atomic E-state index is 12.8. The fourth-order valence-electron chi connectivity index (χ4n) is 4.36. The minimum Gasteiger partial charge on any atom is -0.481 e. The molecule has 0 spiro atoms. The molecule has 5 heteroatoms. The summed E-state index contributed by atoms with van der Waals surface area (Å²) in [5, 5.41) is 10.5. The van der Waals surface area contributed by atoms with Gasteiger partial charge < -0.3 is 9.84 Å². The van der Waals surface area contributed by atoms with E-state index in [0.717, 1.165) is 0 Å². The quantitative estimate of drug-likeness (QED) is 0.435. The summed E-state index contributed by atoms with van der Waals surface area (Å²) in [6.45, 7) is 7.28. The number of carbonyl (C=O) groups is 1. The number of halogens is 2. The van der Waals surface area contributed by atoms with Crippen molar-refractivity contribution in [1.29, 1.82) is 0 Å². The van der Waals surface area contributed by atoms with Crippen LogP contribution < -0.4 is 4.74 Å². The number of terminal acetylenes is 1. The minimum absolute atomic E-state index is 0.00297. The first-order valence-corrected chi connectivity index (χ1v) is 10.4. The fourth-order valence-corrected chi connectivity index (χ4v) is 4.91. The molecule has 0 aliphatic heterocycles. The van der Waals surface area contributed by atoms with E-state index in [9.17, 15) is 9.90 Å². The lowest BCUT2D eigenvalue weighted by Gasteiger charge is -2.48. The van der Waals surface area contributed by atoms with Crippen LogP contribution >= 0.6 is 23.2 Å². The standard InChI is InChI=1S/C25H26Cl2O3/c1-6-21(25(17(2)3,23(28)29)24(4,5)16-22(26)27)18-11-10-14-20(15-18)30-19-12-8-7-9-13-19/h1,7-17,21H,2-5H3,(H,28,29). The van der Waals surface area contributed by atoms with Crippen LogP contribution in [0.3, 0.4) is 0 Å². The van der Waals surface area contributed by atoms with Crippen LogP contribution in [0.2, 0.25) is 0 Å². The molecule has 1 N–H and O–H groups in total. The SMILES string of the molecule is C#CC(c1cccc(Oc2ccccc2)c1)C(C(=O)O)(C(C)C)C(C)(C)C=C(Cl)Cl. The Bertz CT molecular complexity index is 954. The highest BCUT2D eigenvalue weighted by Gasteiger charge is 2.58. The molecule has 2 rings (SSSR count). The Morgan fingerprint density at radius 1 is 1.10 bits per heavy atom. The second kappa shape index (κ2) is 9.60. The van der Waals surface area contributed by atoms with Crippen LogP contribution in [0.4, 0.5) is 0 Å². The number of aliphatic carboxylic acids is 1. The van der Waals surface area contributed by atoms with Crippen LogP contribution in [0.5, 0.6) is 11.5 Å². The molecule has 0 aromatic heterocycles. The number of rotatable bonds is 8. The van der Waals surface area contributed by atoms with Crippen molar-refractivity contribution >= 4 is 29.2 Å². The van der Waals surface area contributed by atoms with Crippen molar-refractivity contribution in [2.45, 2.75) is 33.6 Å². The van der Waals surface area contributed by atoms with E-state index in [4.69, 9.17) is 34.4 Å². The van der Waals surface area contributed by atoms with E-state index in [1.807, 2.05) is 62.4 Å². The van der Waals surface area contributed by atoms with E-state index < -0.39 is 22.7 Å². The molecule has 2 atom stereocenters. The molecular weight excluding hydrogens is 419 g/mol. The third-order valence-corrected chi connectivity index (χ3v) is 5.81. The van der Waals surface area contributed by atoms with E-state index in [1.165, 1.54) is 0 Å². The molecule has 30 heavy (non-hydrogen) atoms. The molecule has 2 aromatic rings. The highest BCUT2D eigenvalue weighted by Crippen LogP contribution is 2.56. The maximum Gasteiger partial charge on any atom is 0.312 e. The Balaban J connectivity index is 2.64. The normalized spacial score (nSPS) is 14.3. The Morgan fingerprint density at radius 2 is 1.70 bits per heavy atom. The lowest BCUT2D eigenvalue weighted by molar-refractivity contribution is -0.160. The van der Waals surface area contributed by atoms with Crippen LogP contribution in [0.1, 0.15) is 39.2 Å². The monoisotopic (exact) mass is 444 g/mol. The number of allylic oxidation sites excluding steroid dienone is 1. The van der Waals surface area contributed by atoms with Gasteiger partial charge in [0.15, 0.2) is 0 Å². The van der Waals surface area contributed by atoms with Gasteiger partial charge >= 0.3 is 5.97 Å². The van der Waals surface area contributed by atoms with Crippen molar-refractivity contribution in [3.8, 4) is 23.8 Å². The second-order valence-corrected chi connectivity index (χ2v) is 9.08. The highest BCUT2D eigenvalue weighted by atomic mass is 35.5. The second-order valence-electron chi connectivity index (χ2n) is 8.07. The van der Waals surface area contributed by atoms with Gasteiger partial charge in [0.25, 0.3) is 0 Å². The van der Waals surface area contributed by atoms with Crippen LogP contribution in [-0.4, -0.2) is 11.1 Å². The van der Waals surface area contributed by atoms with Crippen LogP contribution in [0, 0.1) is 29.1 Å². The van der Waals surface area contributed by atoms with Gasteiger partial charge in [0.1, 0.15) is 16.0 Å². The van der Waals surface area contributed by atoms with Crippen LogP contribution in [0.15, 0.2) is 65.2 Å². The van der Waals surface area contributed by atoms with Crippen molar-refractivity contribution in [2.24, 2.45) is 16.7 Å². The summed E-state index contributed by atoms with van der Waals surface area (Å²) in [5.41, 5.74) is -1.64. The van der Waals surface area contributed by atoms with E-state index in [-0.39, 0.29) is 10.4 Å². The fraction of sp³-hybridized carbons (Fsp3) is 0.320. The van der Waals surface area contributed by atoms with E-state index in [2.05, 4.69) is 5.92 Å². The number of ether oxygens (including phenoxy) is 1. The van der Waals surface area contributed by atoms with Gasteiger partial charge in [0.2, 0.25) is 0 Å². The Hall–Kier alpha value is -2.41. The molecule has 2 aromatic carbocycles. The van der Waals surface area contributed by atoms with Gasteiger partial charge in [0, 0.05) is 5.41 Å². The summed E-state index contributed by atoms with van der Waals surface area (Å²) in [7, 11) is 0. The average Bonchev–Trinajstić information content (AvgIpc) is 2.65. The molecule has 0 aliphatic carbocycles. The van der Waals surface area contributed by atoms with Gasteiger partial charge in [-0.3, -0.25) is 4.79 Å². The summed E-state index contributed by atoms with van der Waals surface area (Å²) in [6.07, 6.45) is 7.51. The zero-order valence-electron chi connectivity index (χ0n) is 17.5. The van der Waals surface area contributed by atoms with Crippen molar-refractivity contribution < 1.29 is 14.6 Å². The van der Waals surface area contributed by atoms with Crippen LogP contribution in [-0.2, 0) is 4.79 Å². The van der Waals surface area contributed by atoms with Gasteiger partial charge in [-0.1, -0.05) is 87.1 Å². The molecular formula is C25H26Cl2O3.